The molecule has 0 saturated heterocycles. The molecule has 1 N–H and O–H groups in total. The Bertz CT molecular complexity index is 1160. The van der Waals surface area contributed by atoms with E-state index >= 15 is 0 Å². The SMILES string of the molecule is C[C@H](C#N)OC(=O)/C=C\[C@H]1C(C)(C)[C@]1(C(=O)O)[C@@H](C#N)c1cccc(Oc2ccccc2)c1. The molecule has 2 aromatic carbocycles. The van der Waals surface area contributed by atoms with Gasteiger partial charge in [0.15, 0.2) is 6.10 Å². The molecule has 3 rings (SSSR count). The van der Waals surface area contributed by atoms with E-state index in [9.17, 15) is 20.0 Å². The summed E-state index contributed by atoms with van der Waals surface area (Å²) < 4.78 is 10.8. The van der Waals surface area contributed by atoms with Crippen molar-refractivity contribution < 1.29 is 24.2 Å². The van der Waals surface area contributed by atoms with Crippen LogP contribution in [0.15, 0.2) is 66.7 Å². The highest BCUT2D eigenvalue weighted by atomic mass is 16.5. The fourth-order valence-electron chi connectivity index (χ4n) is 4.55. The number of aliphatic carboxylic acids is 1. The van der Waals surface area contributed by atoms with Gasteiger partial charge in [0.25, 0.3) is 0 Å². The van der Waals surface area contributed by atoms with Crippen molar-refractivity contribution in [2.75, 3.05) is 0 Å². The molecule has 7 heteroatoms. The molecule has 0 bridgehead atoms. The zero-order chi connectivity index (χ0) is 24.2. The van der Waals surface area contributed by atoms with E-state index in [1.807, 2.05) is 18.2 Å². The lowest BCUT2D eigenvalue weighted by atomic mass is 9.78. The Morgan fingerprint density at radius 2 is 1.73 bits per heavy atom. The lowest BCUT2D eigenvalue weighted by Gasteiger charge is -2.22. The number of carboxylic acid groups (broad SMARTS) is 1. The second-order valence-corrected chi connectivity index (χ2v) is 8.49. The fraction of sp³-hybridized carbons (Fsp3) is 0.308. The van der Waals surface area contributed by atoms with Gasteiger partial charge in [0, 0.05) is 12.0 Å². The number of allylic oxidation sites excluding steroid dienone is 1. The first-order valence-corrected chi connectivity index (χ1v) is 10.4. The van der Waals surface area contributed by atoms with Crippen LogP contribution in [0.2, 0.25) is 0 Å². The summed E-state index contributed by atoms with van der Waals surface area (Å²) in [5.74, 6) is -2.35. The smallest absolute Gasteiger partial charge is 0.331 e. The highest BCUT2D eigenvalue weighted by Gasteiger charge is 2.78. The number of carbonyl (C=O) groups is 2. The Kier molecular flexibility index (Phi) is 6.55. The normalized spacial score (nSPS) is 22.4. The van der Waals surface area contributed by atoms with Crippen molar-refractivity contribution in [1.82, 2.24) is 0 Å². The van der Waals surface area contributed by atoms with E-state index in [-0.39, 0.29) is 0 Å². The summed E-state index contributed by atoms with van der Waals surface area (Å²) in [6, 6.07) is 19.9. The number of rotatable bonds is 8. The molecule has 0 heterocycles. The van der Waals surface area contributed by atoms with Gasteiger partial charge in [-0.05, 0) is 42.2 Å². The summed E-state index contributed by atoms with van der Waals surface area (Å²) in [6.07, 6.45) is 1.68. The van der Waals surface area contributed by atoms with Crippen molar-refractivity contribution in [3.05, 3.63) is 72.3 Å². The van der Waals surface area contributed by atoms with Crippen LogP contribution in [-0.2, 0) is 14.3 Å². The number of para-hydroxylation sites is 1. The van der Waals surface area contributed by atoms with Gasteiger partial charge < -0.3 is 14.6 Å². The van der Waals surface area contributed by atoms with Gasteiger partial charge in [-0.25, -0.2) is 4.79 Å². The Hall–Kier alpha value is -4.10. The van der Waals surface area contributed by atoms with Crippen molar-refractivity contribution in [2.24, 2.45) is 16.7 Å². The third kappa shape index (κ3) is 4.31. The number of hydrogen-bond acceptors (Lipinski definition) is 6. The van der Waals surface area contributed by atoms with Gasteiger partial charge in [-0.1, -0.05) is 50.3 Å². The second-order valence-electron chi connectivity index (χ2n) is 8.49. The molecule has 0 spiro atoms. The number of esters is 1. The fourth-order valence-corrected chi connectivity index (χ4v) is 4.55. The summed E-state index contributed by atoms with van der Waals surface area (Å²) >= 11 is 0. The zero-order valence-electron chi connectivity index (χ0n) is 18.6. The van der Waals surface area contributed by atoms with Crippen molar-refractivity contribution in [1.29, 1.82) is 10.5 Å². The Labute approximate surface area is 192 Å². The van der Waals surface area contributed by atoms with Crippen LogP contribution in [0.4, 0.5) is 0 Å². The number of hydrogen-bond donors (Lipinski definition) is 1. The minimum atomic E-state index is -1.45. The minimum absolute atomic E-state index is 0.485. The zero-order valence-corrected chi connectivity index (χ0v) is 18.6. The van der Waals surface area contributed by atoms with Crippen LogP contribution < -0.4 is 4.74 Å². The van der Waals surface area contributed by atoms with Gasteiger partial charge in [-0.15, -0.1) is 0 Å². The van der Waals surface area contributed by atoms with Gasteiger partial charge in [0.1, 0.15) is 23.0 Å². The first-order valence-electron chi connectivity index (χ1n) is 10.4. The van der Waals surface area contributed by atoms with Crippen molar-refractivity contribution in [3.8, 4) is 23.6 Å². The van der Waals surface area contributed by atoms with Crippen LogP contribution in [0.25, 0.3) is 0 Å². The van der Waals surface area contributed by atoms with Crippen LogP contribution in [-0.4, -0.2) is 23.1 Å². The van der Waals surface area contributed by atoms with E-state index < -0.39 is 40.7 Å². The van der Waals surface area contributed by atoms with Crippen LogP contribution in [0.5, 0.6) is 11.5 Å². The molecule has 0 aromatic heterocycles. The summed E-state index contributed by atoms with van der Waals surface area (Å²) in [5, 5.41) is 29.1. The first-order chi connectivity index (χ1) is 15.7. The molecular weight excluding hydrogens is 420 g/mol. The lowest BCUT2D eigenvalue weighted by Crippen LogP contribution is -2.28. The quantitative estimate of drug-likeness (QED) is 0.457. The Balaban J connectivity index is 1.93. The van der Waals surface area contributed by atoms with Crippen LogP contribution >= 0.6 is 0 Å². The predicted molar refractivity (Wildman–Crippen MR) is 119 cm³/mol. The average molecular weight is 444 g/mol. The molecule has 0 radical (unpaired) electrons. The maximum atomic E-state index is 12.6. The van der Waals surface area contributed by atoms with E-state index in [1.54, 1.807) is 56.3 Å². The number of benzene rings is 2. The van der Waals surface area contributed by atoms with E-state index in [4.69, 9.17) is 14.7 Å². The molecule has 4 atom stereocenters. The molecule has 1 aliphatic rings. The number of carbonyl (C=O) groups excluding carboxylic acids is 1. The molecule has 0 amide bonds. The monoisotopic (exact) mass is 444 g/mol. The molecule has 7 nitrogen and oxygen atoms in total. The largest absolute Gasteiger partial charge is 0.481 e. The molecular formula is C26H24N2O5. The Morgan fingerprint density at radius 1 is 1.06 bits per heavy atom. The van der Waals surface area contributed by atoms with E-state index in [1.165, 1.54) is 13.0 Å². The van der Waals surface area contributed by atoms with Gasteiger partial charge in [0.05, 0.1) is 12.0 Å². The maximum Gasteiger partial charge on any atom is 0.331 e. The van der Waals surface area contributed by atoms with E-state index in [2.05, 4.69) is 6.07 Å². The second kappa shape index (κ2) is 9.18. The molecule has 1 fully saturated rings. The first kappa shape index (κ1) is 23.6. The molecule has 0 aliphatic heterocycles. The van der Waals surface area contributed by atoms with Gasteiger partial charge in [-0.3, -0.25) is 4.79 Å². The minimum Gasteiger partial charge on any atom is -0.481 e. The molecule has 0 unspecified atom stereocenters. The molecule has 1 aliphatic carbocycles. The highest BCUT2D eigenvalue weighted by Crippen LogP contribution is 2.75. The van der Waals surface area contributed by atoms with E-state index in [0.29, 0.717) is 17.1 Å². The summed E-state index contributed by atoms with van der Waals surface area (Å²) in [7, 11) is 0. The molecule has 1 saturated carbocycles. The number of nitrogens with zero attached hydrogens (tertiary/aromatic N) is 2. The standard InChI is InChI=1S/C26H24N2O5/c1-17(15-27)32-23(29)13-12-22-25(2,3)26(22,24(30)31)21(16-28)18-8-7-11-20(14-18)33-19-9-5-4-6-10-19/h4-14,17,21-22H,1-3H3,(H,30,31)/b13-12-/t17-,21+,22+,26-/m1/s1. The van der Waals surface area contributed by atoms with E-state index in [0.717, 1.165) is 6.08 Å². The maximum absolute atomic E-state index is 12.6. The molecule has 33 heavy (non-hydrogen) atoms. The van der Waals surface area contributed by atoms with Crippen LogP contribution in [0.3, 0.4) is 0 Å². The average Bonchev–Trinajstić information content (AvgIpc) is 3.29. The highest BCUT2D eigenvalue weighted by molar-refractivity contribution is 5.86. The third-order valence-corrected chi connectivity index (χ3v) is 6.26. The van der Waals surface area contributed by atoms with Crippen molar-refractivity contribution >= 4 is 11.9 Å². The number of carboxylic acids is 1. The Morgan fingerprint density at radius 3 is 2.33 bits per heavy atom. The van der Waals surface area contributed by atoms with Gasteiger partial charge in [0.2, 0.25) is 0 Å². The number of nitriles is 2. The summed E-state index contributed by atoms with van der Waals surface area (Å²) in [4.78, 5) is 24.5. The molecule has 2 aromatic rings. The number of ether oxygens (including phenoxy) is 2. The topological polar surface area (TPSA) is 120 Å². The van der Waals surface area contributed by atoms with Crippen molar-refractivity contribution in [2.45, 2.75) is 32.8 Å². The lowest BCUT2D eigenvalue weighted by molar-refractivity contribution is -0.145. The van der Waals surface area contributed by atoms with Crippen LogP contribution in [0.1, 0.15) is 32.3 Å². The van der Waals surface area contributed by atoms with Crippen molar-refractivity contribution in [3.63, 3.8) is 0 Å². The third-order valence-electron chi connectivity index (χ3n) is 6.26. The summed E-state index contributed by atoms with van der Waals surface area (Å²) in [6.45, 7) is 4.95. The van der Waals surface area contributed by atoms with Gasteiger partial charge >= 0.3 is 11.9 Å². The predicted octanol–water partition coefficient (Wildman–Crippen LogP) is 4.82. The summed E-state index contributed by atoms with van der Waals surface area (Å²) in [5.41, 5.74) is -1.75. The van der Waals surface area contributed by atoms with Crippen LogP contribution in [0, 0.1) is 39.4 Å². The molecule has 168 valence electrons. The van der Waals surface area contributed by atoms with Gasteiger partial charge in [-0.2, -0.15) is 10.5 Å².